The molecule has 1 fully saturated rings. The quantitative estimate of drug-likeness (QED) is 0.468. The molecule has 1 unspecified atom stereocenters. The molecule has 2 atom stereocenters. The zero-order valence-electron chi connectivity index (χ0n) is 9.51. The highest BCUT2D eigenvalue weighted by molar-refractivity contribution is 5.92. The number of carboxylic acid groups (broad SMARTS) is 2. The Hall–Kier alpha value is -2.12. The lowest BCUT2D eigenvalue weighted by atomic mass is 10.1. The van der Waals surface area contributed by atoms with Crippen LogP contribution in [-0.2, 0) is 19.2 Å². The Morgan fingerprint density at radius 2 is 2.06 bits per heavy atom. The zero-order valence-corrected chi connectivity index (χ0v) is 9.51. The van der Waals surface area contributed by atoms with Crippen LogP contribution in [0.15, 0.2) is 0 Å². The van der Waals surface area contributed by atoms with Crippen molar-refractivity contribution in [1.82, 2.24) is 10.6 Å². The van der Waals surface area contributed by atoms with Gasteiger partial charge in [0, 0.05) is 12.8 Å². The van der Waals surface area contributed by atoms with Gasteiger partial charge in [-0.2, -0.15) is 0 Å². The second-order valence-electron chi connectivity index (χ2n) is 3.99. The van der Waals surface area contributed by atoms with Gasteiger partial charge < -0.3 is 20.8 Å². The van der Waals surface area contributed by atoms with Gasteiger partial charge in [-0.15, -0.1) is 0 Å². The number of carbonyl (C=O) groups excluding carboxylic acids is 2. The molecule has 0 aliphatic carbocycles. The fourth-order valence-electron chi connectivity index (χ4n) is 1.61. The molecule has 4 N–H and O–H groups in total. The summed E-state index contributed by atoms with van der Waals surface area (Å²) in [5, 5.41) is 21.9. The second kappa shape index (κ2) is 5.99. The minimum absolute atomic E-state index is 0.197. The van der Waals surface area contributed by atoms with Crippen molar-refractivity contribution in [3.8, 4) is 0 Å². The second-order valence-corrected chi connectivity index (χ2v) is 3.99. The molecule has 0 aromatic heterocycles. The van der Waals surface area contributed by atoms with Crippen LogP contribution in [0.3, 0.4) is 0 Å². The Morgan fingerprint density at radius 3 is 2.50 bits per heavy atom. The molecule has 8 heteroatoms. The Labute approximate surface area is 102 Å². The Balaban J connectivity index is 2.49. The van der Waals surface area contributed by atoms with Crippen molar-refractivity contribution in [1.29, 1.82) is 0 Å². The van der Waals surface area contributed by atoms with E-state index in [9.17, 15) is 19.2 Å². The predicted molar refractivity (Wildman–Crippen MR) is 57.6 cm³/mol. The van der Waals surface area contributed by atoms with Gasteiger partial charge in [-0.05, 0) is 12.8 Å². The van der Waals surface area contributed by atoms with Crippen molar-refractivity contribution >= 4 is 23.8 Å². The van der Waals surface area contributed by atoms with E-state index < -0.39 is 29.9 Å². The maximum atomic E-state index is 11.6. The monoisotopic (exact) mass is 258 g/mol. The SMILES string of the molecule is O=C(O)CC[C@H](NC(=O)C1CCC(=O)N1)C(=O)O. The molecular formula is C10H14N2O6. The summed E-state index contributed by atoms with van der Waals surface area (Å²) in [6.07, 6.45) is -0.00771. The largest absolute Gasteiger partial charge is 0.481 e. The zero-order chi connectivity index (χ0) is 13.7. The summed E-state index contributed by atoms with van der Waals surface area (Å²) in [6.45, 7) is 0. The molecule has 1 saturated heterocycles. The predicted octanol–water partition coefficient (Wildman–Crippen LogP) is -1.30. The van der Waals surface area contributed by atoms with Crippen LogP contribution in [-0.4, -0.2) is 46.0 Å². The average molecular weight is 258 g/mol. The molecule has 1 heterocycles. The first-order valence-corrected chi connectivity index (χ1v) is 5.44. The number of aliphatic carboxylic acids is 2. The summed E-state index contributed by atoms with van der Waals surface area (Å²) in [4.78, 5) is 43.7. The third-order valence-corrected chi connectivity index (χ3v) is 2.57. The summed E-state index contributed by atoms with van der Waals surface area (Å²) in [5.74, 6) is -3.29. The minimum Gasteiger partial charge on any atom is -0.481 e. The van der Waals surface area contributed by atoms with Crippen LogP contribution in [0, 0.1) is 0 Å². The van der Waals surface area contributed by atoms with E-state index in [0.717, 1.165) is 0 Å². The maximum absolute atomic E-state index is 11.6. The van der Waals surface area contributed by atoms with E-state index >= 15 is 0 Å². The number of amides is 2. The molecule has 100 valence electrons. The van der Waals surface area contributed by atoms with Gasteiger partial charge >= 0.3 is 11.9 Å². The van der Waals surface area contributed by atoms with E-state index in [1.165, 1.54) is 0 Å². The van der Waals surface area contributed by atoms with Crippen molar-refractivity contribution in [3.05, 3.63) is 0 Å². The van der Waals surface area contributed by atoms with Gasteiger partial charge in [0.1, 0.15) is 12.1 Å². The normalized spacial score (nSPS) is 20.0. The van der Waals surface area contributed by atoms with Crippen LogP contribution in [0.4, 0.5) is 0 Å². The van der Waals surface area contributed by atoms with E-state index in [2.05, 4.69) is 10.6 Å². The van der Waals surface area contributed by atoms with E-state index in [1.807, 2.05) is 0 Å². The highest BCUT2D eigenvalue weighted by Gasteiger charge is 2.30. The van der Waals surface area contributed by atoms with Crippen LogP contribution in [0.1, 0.15) is 25.7 Å². The minimum atomic E-state index is -1.30. The number of rotatable bonds is 6. The van der Waals surface area contributed by atoms with Crippen LogP contribution in [0.5, 0.6) is 0 Å². The summed E-state index contributed by atoms with van der Waals surface area (Å²) in [6, 6.07) is -1.99. The third kappa shape index (κ3) is 4.04. The number of hydrogen-bond donors (Lipinski definition) is 4. The van der Waals surface area contributed by atoms with E-state index in [1.54, 1.807) is 0 Å². The highest BCUT2D eigenvalue weighted by Crippen LogP contribution is 2.07. The topological polar surface area (TPSA) is 133 Å². The van der Waals surface area contributed by atoms with E-state index in [0.29, 0.717) is 6.42 Å². The van der Waals surface area contributed by atoms with Crippen molar-refractivity contribution in [2.75, 3.05) is 0 Å². The van der Waals surface area contributed by atoms with E-state index in [-0.39, 0.29) is 25.2 Å². The lowest BCUT2D eigenvalue weighted by Crippen LogP contribution is -2.48. The molecule has 0 radical (unpaired) electrons. The number of nitrogens with one attached hydrogen (secondary N) is 2. The number of hydrogen-bond acceptors (Lipinski definition) is 4. The van der Waals surface area contributed by atoms with Gasteiger partial charge in [0.15, 0.2) is 0 Å². The Bertz CT molecular complexity index is 381. The first kappa shape index (κ1) is 13.9. The van der Waals surface area contributed by atoms with Crippen molar-refractivity contribution in [2.24, 2.45) is 0 Å². The summed E-state index contributed by atoms with van der Waals surface area (Å²) in [7, 11) is 0. The van der Waals surface area contributed by atoms with Gasteiger partial charge in [-0.1, -0.05) is 0 Å². The molecule has 0 spiro atoms. The maximum Gasteiger partial charge on any atom is 0.326 e. The fraction of sp³-hybridized carbons (Fsp3) is 0.600. The lowest BCUT2D eigenvalue weighted by molar-refractivity contribution is -0.143. The summed E-state index contributed by atoms with van der Waals surface area (Å²) in [5.41, 5.74) is 0. The van der Waals surface area contributed by atoms with Gasteiger partial charge in [-0.25, -0.2) is 4.79 Å². The number of carboxylic acids is 2. The molecule has 1 aliphatic rings. The Kier molecular flexibility index (Phi) is 4.64. The molecule has 1 rings (SSSR count). The standard InChI is InChI=1S/C10H14N2O6/c13-7-3-1-5(11-7)9(16)12-6(10(17)18)2-4-8(14)15/h5-6H,1-4H2,(H,11,13)(H,12,16)(H,14,15)(H,17,18)/t5?,6-/m0/s1. The lowest BCUT2D eigenvalue weighted by Gasteiger charge is -2.16. The molecule has 1 aliphatic heterocycles. The molecule has 0 aromatic carbocycles. The van der Waals surface area contributed by atoms with Crippen LogP contribution in [0.25, 0.3) is 0 Å². The Morgan fingerprint density at radius 1 is 1.39 bits per heavy atom. The van der Waals surface area contributed by atoms with E-state index in [4.69, 9.17) is 10.2 Å². The molecule has 0 saturated carbocycles. The van der Waals surface area contributed by atoms with Gasteiger partial charge in [0.2, 0.25) is 11.8 Å². The first-order chi connectivity index (χ1) is 8.40. The molecule has 2 amide bonds. The van der Waals surface area contributed by atoms with Crippen LogP contribution >= 0.6 is 0 Å². The van der Waals surface area contributed by atoms with Crippen molar-refractivity contribution in [2.45, 2.75) is 37.8 Å². The highest BCUT2D eigenvalue weighted by atomic mass is 16.4. The van der Waals surface area contributed by atoms with Crippen molar-refractivity contribution in [3.63, 3.8) is 0 Å². The third-order valence-electron chi connectivity index (χ3n) is 2.57. The summed E-state index contributed by atoms with van der Waals surface area (Å²) >= 11 is 0. The first-order valence-electron chi connectivity index (χ1n) is 5.44. The van der Waals surface area contributed by atoms with Crippen molar-refractivity contribution < 1.29 is 29.4 Å². The molecule has 0 aromatic rings. The van der Waals surface area contributed by atoms with Gasteiger partial charge in [-0.3, -0.25) is 14.4 Å². The smallest absolute Gasteiger partial charge is 0.326 e. The van der Waals surface area contributed by atoms with Crippen LogP contribution < -0.4 is 10.6 Å². The van der Waals surface area contributed by atoms with Gasteiger partial charge in [0.25, 0.3) is 0 Å². The fourth-order valence-corrected chi connectivity index (χ4v) is 1.61. The average Bonchev–Trinajstić information content (AvgIpc) is 2.70. The molecular weight excluding hydrogens is 244 g/mol. The summed E-state index contributed by atoms with van der Waals surface area (Å²) < 4.78 is 0. The van der Waals surface area contributed by atoms with Gasteiger partial charge in [0.05, 0.1) is 0 Å². The van der Waals surface area contributed by atoms with Crippen LogP contribution in [0.2, 0.25) is 0 Å². The number of carbonyl (C=O) groups is 4. The molecule has 0 bridgehead atoms. The molecule has 18 heavy (non-hydrogen) atoms. The molecule has 8 nitrogen and oxygen atoms in total.